The molecule has 1 aliphatic rings. The van der Waals surface area contributed by atoms with Crippen molar-refractivity contribution in [2.75, 3.05) is 39.9 Å². The molecule has 0 aromatic heterocycles. The molecule has 1 saturated heterocycles. The zero-order valence-electron chi connectivity index (χ0n) is 16.9. The Morgan fingerprint density at radius 1 is 1.07 bits per heavy atom. The number of allylic oxidation sites excluding steroid dienone is 1. The van der Waals surface area contributed by atoms with E-state index in [-0.39, 0.29) is 18.4 Å². The predicted molar refractivity (Wildman–Crippen MR) is 106 cm³/mol. The van der Waals surface area contributed by atoms with E-state index in [4.69, 9.17) is 9.47 Å². The third kappa shape index (κ3) is 5.49. The van der Waals surface area contributed by atoms with Crippen molar-refractivity contribution in [3.63, 3.8) is 0 Å². The molecule has 0 spiro atoms. The van der Waals surface area contributed by atoms with E-state index in [1.807, 2.05) is 56.9 Å². The van der Waals surface area contributed by atoms with Crippen molar-refractivity contribution in [1.29, 1.82) is 0 Å². The second kappa shape index (κ2) is 8.93. The molecule has 2 amide bonds. The quantitative estimate of drug-likeness (QED) is 0.795. The Bertz CT molecular complexity index is 699. The largest absolute Gasteiger partial charge is 0.493 e. The van der Waals surface area contributed by atoms with Crippen LogP contribution in [-0.4, -0.2) is 61.5 Å². The Balaban J connectivity index is 1.89. The molecule has 6 heteroatoms. The minimum absolute atomic E-state index is 0.0491. The van der Waals surface area contributed by atoms with Crippen LogP contribution >= 0.6 is 0 Å². The lowest BCUT2D eigenvalue weighted by molar-refractivity contribution is -0.145. The van der Waals surface area contributed by atoms with Crippen molar-refractivity contribution in [3.05, 3.63) is 29.8 Å². The second-order valence-corrected chi connectivity index (χ2v) is 7.62. The first-order valence-corrected chi connectivity index (χ1v) is 9.27. The summed E-state index contributed by atoms with van der Waals surface area (Å²) in [6.45, 7) is 9.81. The zero-order chi connectivity index (χ0) is 20.0. The molecule has 148 valence electrons. The molecule has 1 aliphatic heterocycles. The van der Waals surface area contributed by atoms with Crippen LogP contribution < -0.4 is 9.47 Å². The van der Waals surface area contributed by atoms with Gasteiger partial charge in [-0.25, -0.2) is 0 Å². The summed E-state index contributed by atoms with van der Waals surface area (Å²) in [7, 11) is 1.58. The summed E-state index contributed by atoms with van der Waals surface area (Å²) < 4.78 is 11.0. The van der Waals surface area contributed by atoms with Gasteiger partial charge in [-0.15, -0.1) is 0 Å². The Morgan fingerprint density at radius 3 is 2.26 bits per heavy atom. The standard InChI is InChI=1S/C21H30N2O4/c1-6-7-16-8-9-17(18(14-16)26-5)27-15-19(24)22-10-12-23(13-11-22)20(25)21(2,3)4/h6-9,14H,10-13,15H2,1-5H3/b7-6+. The number of nitrogens with zero attached hydrogens (tertiary/aromatic N) is 2. The maximum atomic E-state index is 12.5. The van der Waals surface area contributed by atoms with Crippen LogP contribution in [0.2, 0.25) is 0 Å². The zero-order valence-corrected chi connectivity index (χ0v) is 16.9. The number of carbonyl (C=O) groups is 2. The molecule has 0 radical (unpaired) electrons. The molecule has 1 aromatic carbocycles. The molecule has 0 atom stereocenters. The van der Waals surface area contributed by atoms with Gasteiger partial charge in [0.2, 0.25) is 5.91 Å². The first-order chi connectivity index (χ1) is 12.8. The average molecular weight is 374 g/mol. The fourth-order valence-corrected chi connectivity index (χ4v) is 2.96. The smallest absolute Gasteiger partial charge is 0.260 e. The van der Waals surface area contributed by atoms with Crippen molar-refractivity contribution in [1.82, 2.24) is 9.80 Å². The topological polar surface area (TPSA) is 59.1 Å². The lowest BCUT2D eigenvalue weighted by atomic mass is 9.94. The van der Waals surface area contributed by atoms with Gasteiger partial charge in [0.15, 0.2) is 18.1 Å². The highest BCUT2D eigenvalue weighted by Crippen LogP contribution is 2.28. The van der Waals surface area contributed by atoms with E-state index in [9.17, 15) is 9.59 Å². The lowest BCUT2D eigenvalue weighted by Gasteiger charge is -2.37. The molecule has 1 heterocycles. The summed E-state index contributed by atoms with van der Waals surface area (Å²) >= 11 is 0. The van der Waals surface area contributed by atoms with Gasteiger partial charge in [0.1, 0.15) is 0 Å². The van der Waals surface area contributed by atoms with E-state index in [1.54, 1.807) is 18.1 Å². The number of amides is 2. The van der Waals surface area contributed by atoms with Crippen LogP contribution in [0.1, 0.15) is 33.3 Å². The fraction of sp³-hybridized carbons (Fsp3) is 0.524. The second-order valence-electron chi connectivity index (χ2n) is 7.62. The minimum Gasteiger partial charge on any atom is -0.493 e. The van der Waals surface area contributed by atoms with E-state index in [0.29, 0.717) is 37.7 Å². The first kappa shape index (κ1) is 20.8. The molecule has 0 saturated carbocycles. The summed E-state index contributed by atoms with van der Waals surface area (Å²) in [6.07, 6.45) is 3.92. The fourth-order valence-electron chi connectivity index (χ4n) is 2.96. The number of hydrogen-bond acceptors (Lipinski definition) is 4. The molecule has 6 nitrogen and oxygen atoms in total. The van der Waals surface area contributed by atoms with Gasteiger partial charge < -0.3 is 19.3 Å². The van der Waals surface area contributed by atoms with Crippen LogP contribution in [0.25, 0.3) is 6.08 Å². The number of carbonyl (C=O) groups excluding carboxylic acids is 2. The monoisotopic (exact) mass is 374 g/mol. The highest BCUT2D eigenvalue weighted by Gasteiger charge is 2.30. The van der Waals surface area contributed by atoms with E-state index in [1.165, 1.54) is 0 Å². The van der Waals surface area contributed by atoms with Crippen molar-refractivity contribution in [2.45, 2.75) is 27.7 Å². The van der Waals surface area contributed by atoms with Gasteiger partial charge in [-0.1, -0.05) is 39.0 Å². The van der Waals surface area contributed by atoms with Gasteiger partial charge in [0.25, 0.3) is 5.91 Å². The van der Waals surface area contributed by atoms with E-state index in [0.717, 1.165) is 5.56 Å². The van der Waals surface area contributed by atoms with Gasteiger partial charge in [-0.3, -0.25) is 9.59 Å². The van der Waals surface area contributed by atoms with Gasteiger partial charge in [-0.05, 0) is 24.6 Å². The van der Waals surface area contributed by atoms with Gasteiger partial charge in [0, 0.05) is 31.6 Å². The molecule has 27 heavy (non-hydrogen) atoms. The summed E-state index contributed by atoms with van der Waals surface area (Å²) in [5.74, 6) is 1.17. The van der Waals surface area contributed by atoms with Crippen LogP contribution in [0.15, 0.2) is 24.3 Å². The molecular formula is C21H30N2O4. The number of hydrogen-bond donors (Lipinski definition) is 0. The SMILES string of the molecule is C/C=C/c1ccc(OCC(=O)N2CCN(C(=O)C(C)(C)C)CC2)c(OC)c1. The summed E-state index contributed by atoms with van der Waals surface area (Å²) in [6, 6.07) is 5.59. The number of piperazine rings is 1. The predicted octanol–water partition coefficient (Wildman–Crippen LogP) is 2.82. The van der Waals surface area contributed by atoms with E-state index >= 15 is 0 Å². The first-order valence-electron chi connectivity index (χ1n) is 9.27. The van der Waals surface area contributed by atoms with Crippen LogP contribution in [0, 0.1) is 5.41 Å². The number of methoxy groups -OCH3 is 1. The molecule has 0 N–H and O–H groups in total. The van der Waals surface area contributed by atoms with Crippen molar-refractivity contribution in [2.24, 2.45) is 5.41 Å². The Kier molecular flexibility index (Phi) is 6.88. The van der Waals surface area contributed by atoms with Crippen molar-refractivity contribution < 1.29 is 19.1 Å². The average Bonchev–Trinajstić information content (AvgIpc) is 2.65. The summed E-state index contributed by atoms with van der Waals surface area (Å²) in [4.78, 5) is 28.4. The third-order valence-electron chi connectivity index (χ3n) is 4.46. The summed E-state index contributed by atoms with van der Waals surface area (Å²) in [5, 5.41) is 0. The Hall–Kier alpha value is -2.50. The van der Waals surface area contributed by atoms with Crippen LogP contribution in [0.4, 0.5) is 0 Å². The van der Waals surface area contributed by atoms with Gasteiger partial charge in [-0.2, -0.15) is 0 Å². The normalized spacial score (nSPS) is 15.1. The van der Waals surface area contributed by atoms with E-state index < -0.39 is 5.41 Å². The molecule has 0 aliphatic carbocycles. The molecule has 0 unspecified atom stereocenters. The minimum atomic E-state index is -0.398. The number of rotatable bonds is 5. The Morgan fingerprint density at radius 2 is 1.70 bits per heavy atom. The maximum absolute atomic E-state index is 12.5. The molecule has 1 fully saturated rings. The molecular weight excluding hydrogens is 344 g/mol. The Labute approximate surface area is 161 Å². The maximum Gasteiger partial charge on any atom is 0.260 e. The molecule has 2 rings (SSSR count). The third-order valence-corrected chi connectivity index (χ3v) is 4.46. The highest BCUT2D eigenvalue weighted by atomic mass is 16.5. The van der Waals surface area contributed by atoms with Crippen LogP contribution in [0.5, 0.6) is 11.5 Å². The number of benzene rings is 1. The van der Waals surface area contributed by atoms with Crippen LogP contribution in [-0.2, 0) is 9.59 Å². The highest BCUT2D eigenvalue weighted by molar-refractivity contribution is 5.82. The lowest BCUT2D eigenvalue weighted by Crippen LogP contribution is -2.53. The van der Waals surface area contributed by atoms with Crippen molar-refractivity contribution >= 4 is 17.9 Å². The molecule has 0 bridgehead atoms. The molecule has 1 aromatic rings. The van der Waals surface area contributed by atoms with Gasteiger partial charge in [0.05, 0.1) is 7.11 Å². The van der Waals surface area contributed by atoms with Crippen LogP contribution in [0.3, 0.4) is 0 Å². The van der Waals surface area contributed by atoms with Crippen molar-refractivity contribution in [3.8, 4) is 11.5 Å². The number of ether oxygens (including phenoxy) is 2. The van der Waals surface area contributed by atoms with E-state index in [2.05, 4.69) is 0 Å². The summed E-state index contributed by atoms with van der Waals surface area (Å²) in [5.41, 5.74) is 0.609. The van der Waals surface area contributed by atoms with Gasteiger partial charge >= 0.3 is 0 Å².